The number of carboxylic acid groups (broad SMARTS) is 1. The van der Waals surface area contributed by atoms with Gasteiger partial charge in [0.25, 0.3) is 0 Å². The van der Waals surface area contributed by atoms with Crippen LogP contribution in [0.4, 0.5) is 0 Å². The molecule has 0 unspecified atom stereocenters. The molecule has 4 rings (SSSR count). The molecule has 1 aliphatic carbocycles. The van der Waals surface area contributed by atoms with Crippen molar-refractivity contribution in [3.05, 3.63) is 53.1 Å². The third-order valence-corrected chi connectivity index (χ3v) is 7.97. The number of nitrogens with one attached hydrogen (secondary N) is 1. The van der Waals surface area contributed by atoms with Crippen LogP contribution in [0.2, 0.25) is 0 Å². The van der Waals surface area contributed by atoms with Crippen LogP contribution < -0.4 is 5.32 Å². The lowest BCUT2D eigenvalue weighted by Crippen LogP contribution is -2.71. The predicted octanol–water partition coefficient (Wildman–Crippen LogP) is 0.675. The number of carboxylic acids is 1. The first-order valence-electron chi connectivity index (χ1n) is 11.4. The molecule has 0 spiro atoms. The van der Waals surface area contributed by atoms with Crippen molar-refractivity contribution in [1.82, 2.24) is 10.2 Å². The van der Waals surface area contributed by atoms with Crippen LogP contribution in [0.5, 0.6) is 5.75 Å². The molecule has 2 saturated heterocycles. The Morgan fingerprint density at radius 3 is 2.32 bits per heavy atom. The maximum atomic E-state index is 13.7. The van der Waals surface area contributed by atoms with Crippen LogP contribution in [0.25, 0.3) is 0 Å². The van der Waals surface area contributed by atoms with Crippen molar-refractivity contribution < 1.29 is 43.7 Å². The van der Waals surface area contributed by atoms with Crippen LogP contribution in [0.1, 0.15) is 32.3 Å². The first kappa shape index (κ1) is 26.1. The molecule has 37 heavy (non-hydrogen) atoms. The van der Waals surface area contributed by atoms with Crippen LogP contribution in [-0.2, 0) is 33.5 Å². The van der Waals surface area contributed by atoms with Crippen molar-refractivity contribution in [2.24, 2.45) is 0 Å². The van der Waals surface area contributed by atoms with Crippen molar-refractivity contribution in [3.8, 4) is 5.75 Å². The molecule has 12 heteroatoms. The van der Waals surface area contributed by atoms with Gasteiger partial charge in [-0.1, -0.05) is 12.1 Å². The maximum Gasteiger partial charge on any atom is 0.342 e. The van der Waals surface area contributed by atoms with Gasteiger partial charge in [-0.2, -0.15) is 0 Å². The van der Waals surface area contributed by atoms with E-state index in [1.165, 1.54) is 47.9 Å². The summed E-state index contributed by atoms with van der Waals surface area (Å²) in [6.07, 6.45) is 1.87. The maximum absolute atomic E-state index is 13.7. The average molecular weight is 529 g/mol. The van der Waals surface area contributed by atoms with Crippen LogP contribution in [0, 0.1) is 0 Å². The Morgan fingerprint density at radius 2 is 1.73 bits per heavy atom. The fraction of sp³-hybridized carbons (Fsp3) is 0.360. The van der Waals surface area contributed by atoms with Crippen molar-refractivity contribution in [3.63, 3.8) is 0 Å². The SMILES string of the molecule is CCOC(=O)C1=C([C@H](C(=O)N[C@@H]2C(=O)N3[C@@H]2SC(C)(C)[C@@H]3C(=O)O)c2ccc(O)cc2)C(=O)C=CC1=O. The number of hydrogen-bond donors (Lipinski definition) is 3. The second-order valence-electron chi connectivity index (χ2n) is 9.18. The topological polar surface area (TPSA) is 167 Å². The first-order chi connectivity index (χ1) is 17.4. The van der Waals surface area contributed by atoms with Gasteiger partial charge < -0.3 is 25.2 Å². The standard InChI is InChI=1S/C25H24N2O9S/c1-4-36-24(35)17-14(30)10-9-13(29)16(17)15(11-5-7-12(28)8-6-11)20(31)26-18-21(32)27-19(23(33)34)25(2,3)37-22(18)27/h5-10,15,18-19,22,28H,4H2,1-3H3,(H,26,31)(H,33,34)/t15-,18-,19+,22-/m1/s1. The zero-order valence-corrected chi connectivity index (χ0v) is 20.9. The van der Waals surface area contributed by atoms with Crippen LogP contribution in [0.15, 0.2) is 47.6 Å². The largest absolute Gasteiger partial charge is 0.508 e. The molecule has 2 heterocycles. The summed E-state index contributed by atoms with van der Waals surface area (Å²) < 4.78 is 4.14. The number of amides is 2. The first-order valence-corrected chi connectivity index (χ1v) is 12.3. The number of aromatic hydroxyl groups is 1. The Morgan fingerprint density at radius 1 is 1.11 bits per heavy atom. The van der Waals surface area contributed by atoms with Gasteiger partial charge in [-0.15, -0.1) is 11.8 Å². The fourth-order valence-corrected chi connectivity index (χ4v) is 6.40. The van der Waals surface area contributed by atoms with Crippen LogP contribution >= 0.6 is 11.8 Å². The number of ketones is 2. The van der Waals surface area contributed by atoms with Gasteiger partial charge in [0.15, 0.2) is 11.6 Å². The van der Waals surface area contributed by atoms with Crippen molar-refractivity contribution in [2.75, 3.05) is 6.61 Å². The summed E-state index contributed by atoms with van der Waals surface area (Å²) in [5.41, 5.74) is -0.831. The molecule has 4 atom stereocenters. The van der Waals surface area contributed by atoms with Gasteiger partial charge in [-0.3, -0.25) is 19.2 Å². The number of aliphatic carboxylic acids is 1. The quantitative estimate of drug-likeness (QED) is 0.198. The van der Waals surface area contributed by atoms with E-state index in [1.54, 1.807) is 13.8 Å². The van der Waals surface area contributed by atoms with Gasteiger partial charge in [-0.05, 0) is 50.6 Å². The third-order valence-electron chi connectivity index (χ3n) is 6.40. The highest BCUT2D eigenvalue weighted by molar-refractivity contribution is 8.01. The zero-order chi connectivity index (χ0) is 27.2. The van der Waals surface area contributed by atoms with E-state index in [4.69, 9.17) is 4.74 Å². The molecule has 2 amide bonds. The molecular formula is C25H24N2O9S. The highest BCUT2D eigenvalue weighted by Crippen LogP contribution is 2.51. The number of phenols is 1. The van der Waals surface area contributed by atoms with Crippen LogP contribution in [-0.4, -0.2) is 79.2 Å². The summed E-state index contributed by atoms with van der Waals surface area (Å²) in [5, 5.41) is 21.3. The number of hydrogen-bond acceptors (Lipinski definition) is 9. The lowest BCUT2D eigenvalue weighted by molar-refractivity contribution is -0.161. The Hall–Kier alpha value is -3.93. The van der Waals surface area contributed by atoms with E-state index in [1.807, 2.05) is 0 Å². The lowest BCUT2D eigenvalue weighted by Gasteiger charge is -2.44. The van der Waals surface area contributed by atoms with Gasteiger partial charge >= 0.3 is 11.9 Å². The summed E-state index contributed by atoms with van der Waals surface area (Å²) in [6.45, 7) is 4.82. The monoisotopic (exact) mass is 528 g/mol. The van der Waals surface area contributed by atoms with Gasteiger partial charge in [0.1, 0.15) is 28.8 Å². The smallest absolute Gasteiger partial charge is 0.342 e. The number of phenolic OH excluding ortho intramolecular Hbond substituents is 1. The summed E-state index contributed by atoms with van der Waals surface area (Å²) >= 11 is 1.22. The molecule has 0 bridgehead atoms. The molecular weight excluding hydrogens is 504 g/mol. The molecule has 3 aliphatic rings. The number of ether oxygens (including phenoxy) is 1. The second-order valence-corrected chi connectivity index (χ2v) is 11.0. The van der Waals surface area contributed by atoms with E-state index in [0.29, 0.717) is 0 Å². The Bertz CT molecular complexity index is 1280. The number of β-lactam (4-membered cyclic amide) rings is 1. The van der Waals surface area contributed by atoms with E-state index >= 15 is 0 Å². The molecule has 194 valence electrons. The van der Waals surface area contributed by atoms with E-state index in [-0.39, 0.29) is 17.9 Å². The number of benzene rings is 1. The summed E-state index contributed by atoms with van der Waals surface area (Å²) in [5.74, 6) is -6.89. The number of allylic oxidation sites excluding steroid dienone is 2. The molecule has 2 fully saturated rings. The normalized spacial score (nSPS) is 24.9. The fourth-order valence-electron chi connectivity index (χ4n) is 4.78. The number of carbonyl (C=O) groups excluding carboxylic acids is 5. The minimum Gasteiger partial charge on any atom is -0.508 e. The van der Waals surface area contributed by atoms with E-state index < -0.39 is 74.6 Å². The van der Waals surface area contributed by atoms with Gasteiger partial charge in [-0.25, -0.2) is 9.59 Å². The second kappa shape index (κ2) is 9.51. The predicted molar refractivity (Wildman–Crippen MR) is 129 cm³/mol. The van der Waals surface area contributed by atoms with E-state index in [2.05, 4.69) is 5.32 Å². The zero-order valence-electron chi connectivity index (χ0n) is 20.1. The molecule has 1 aromatic rings. The van der Waals surface area contributed by atoms with Gasteiger partial charge in [0.2, 0.25) is 11.8 Å². The molecule has 3 N–H and O–H groups in total. The number of rotatable bonds is 7. The molecule has 11 nitrogen and oxygen atoms in total. The average Bonchev–Trinajstić information content (AvgIpc) is 3.09. The summed E-state index contributed by atoms with van der Waals surface area (Å²) in [6, 6.07) is 3.08. The van der Waals surface area contributed by atoms with Crippen molar-refractivity contribution >= 4 is 47.1 Å². The molecule has 1 aromatic carbocycles. The number of carbonyl (C=O) groups is 6. The number of thioether (sulfide) groups is 1. The number of esters is 1. The molecule has 2 aliphatic heterocycles. The summed E-state index contributed by atoms with van der Waals surface area (Å²) in [7, 11) is 0. The number of nitrogens with zero attached hydrogens (tertiary/aromatic N) is 1. The number of fused-ring (bicyclic) bond motifs is 1. The van der Waals surface area contributed by atoms with Crippen LogP contribution in [0.3, 0.4) is 0 Å². The van der Waals surface area contributed by atoms with Crippen molar-refractivity contribution in [2.45, 2.75) is 48.9 Å². The van der Waals surface area contributed by atoms with Gasteiger partial charge in [0.05, 0.1) is 12.5 Å². The van der Waals surface area contributed by atoms with E-state index in [0.717, 1.165) is 12.2 Å². The lowest BCUT2D eigenvalue weighted by atomic mass is 9.80. The highest BCUT2D eigenvalue weighted by Gasteiger charge is 2.64. The minimum atomic E-state index is -1.50. The Kier molecular flexibility index (Phi) is 6.72. The van der Waals surface area contributed by atoms with Crippen molar-refractivity contribution in [1.29, 1.82) is 0 Å². The Labute approximate surface area is 215 Å². The van der Waals surface area contributed by atoms with E-state index in [9.17, 15) is 39.0 Å². The molecule has 0 radical (unpaired) electrons. The van der Waals surface area contributed by atoms with Gasteiger partial charge in [0, 0.05) is 10.3 Å². The Balaban J connectivity index is 1.74. The molecule has 0 saturated carbocycles. The third kappa shape index (κ3) is 4.41. The highest BCUT2D eigenvalue weighted by atomic mass is 32.2. The minimum absolute atomic E-state index is 0.0806. The molecule has 0 aromatic heterocycles. The summed E-state index contributed by atoms with van der Waals surface area (Å²) in [4.78, 5) is 77.9.